The highest BCUT2D eigenvalue weighted by molar-refractivity contribution is 7.22. The van der Waals surface area contributed by atoms with Crippen molar-refractivity contribution in [1.29, 1.82) is 0 Å². The van der Waals surface area contributed by atoms with E-state index >= 15 is 0 Å². The highest BCUT2D eigenvalue weighted by atomic mass is 35.5. The maximum Gasteiger partial charge on any atom is 0.229 e. The quantitative estimate of drug-likeness (QED) is 0.681. The number of carbonyl (C=O) groups excluding carboxylic acids is 1. The van der Waals surface area contributed by atoms with E-state index in [1.54, 1.807) is 23.5 Å². The molecule has 1 unspecified atom stereocenters. The Morgan fingerprint density at radius 3 is 3.04 bits per heavy atom. The number of amides is 1. The van der Waals surface area contributed by atoms with Crippen molar-refractivity contribution in [3.63, 3.8) is 0 Å². The number of benzene rings is 2. The first kappa shape index (κ1) is 17.3. The summed E-state index contributed by atoms with van der Waals surface area (Å²) in [7, 11) is 0. The Kier molecular flexibility index (Phi) is 4.83. The molecule has 0 bridgehead atoms. The number of halogens is 1. The van der Waals surface area contributed by atoms with Gasteiger partial charge in [-0.1, -0.05) is 35.1 Å². The van der Waals surface area contributed by atoms with Crippen LogP contribution in [0, 0.1) is 12.8 Å². The molecule has 1 aliphatic heterocycles. The summed E-state index contributed by atoms with van der Waals surface area (Å²) in [4.78, 5) is 19.7. The van der Waals surface area contributed by atoms with Crippen LogP contribution in [0.2, 0.25) is 5.02 Å². The zero-order chi connectivity index (χ0) is 18.1. The third-order valence-electron chi connectivity index (χ3n) is 4.69. The molecule has 2 heterocycles. The fourth-order valence-corrected chi connectivity index (χ4v) is 4.62. The predicted octanol–water partition coefficient (Wildman–Crippen LogP) is 5.11. The van der Waals surface area contributed by atoms with E-state index in [1.807, 2.05) is 12.1 Å². The van der Waals surface area contributed by atoms with Crippen LogP contribution < -0.4 is 10.2 Å². The van der Waals surface area contributed by atoms with Crippen LogP contribution in [-0.2, 0) is 4.79 Å². The molecule has 1 N–H and O–H groups in total. The average molecular weight is 386 g/mol. The molecular weight excluding hydrogens is 366 g/mol. The van der Waals surface area contributed by atoms with Gasteiger partial charge < -0.3 is 10.2 Å². The lowest BCUT2D eigenvalue weighted by Gasteiger charge is -2.31. The molecule has 0 spiro atoms. The maximum atomic E-state index is 12.7. The van der Waals surface area contributed by atoms with E-state index in [0.717, 1.165) is 35.7 Å². The third-order valence-corrected chi connectivity index (χ3v) is 6.00. The van der Waals surface area contributed by atoms with Crippen molar-refractivity contribution in [2.45, 2.75) is 19.8 Å². The number of aromatic nitrogens is 1. The van der Waals surface area contributed by atoms with Gasteiger partial charge in [-0.15, -0.1) is 0 Å². The number of fused-ring (bicyclic) bond motifs is 1. The number of rotatable bonds is 3. The van der Waals surface area contributed by atoms with E-state index in [-0.39, 0.29) is 11.8 Å². The van der Waals surface area contributed by atoms with Gasteiger partial charge in [-0.05, 0) is 55.7 Å². The lowest BCUT2D eigenvalue weighted by Crippen LogP contribution is -2.40. The number of nitrogens with zero attached hydrogens (tertiary/aromatic N) is 2. The zero-order valence-corrected chi connectivity index (χ0v) is 16.1. The summed E-state index contributed by atoms with van der Waals surface area (Å²) in [6.07, 6.45) is 1.88. The number of aryl methyl sites for hydroxylation is 1. The monoisotopic (exact) mass is 385 g/mol. The van der Waals surface area contributed by atoms with Crippen LogP contribution in [-0.4, -0.2) is 24.0 Å². The van der Waals surface area contributed by atoms with Crippen LogP contribution in [0.4, 0.5) is 10.8 Å². The highest BCUT2D eigenvalue weighted by Crippen LogP contribution is 2.32. The van der Waals surface area contributed by atoms with E-state index < -0.39 is 0 Å². The van der Waals surface area contributed by atoms with E-state index in [0.29, 0.717) is 11.6 Å². The van der Waals surface area contributed by atoms with Gasteiger partial charge in [0.25, 0.3) is 0 Å². The summed E-state index contributed by atoms with van der Waals surface area (Å²) in [5, 5.41) is 4.62. The summed E-state index contributed by atoms with van der Waals surface area (Å²) in [6, 6.07) is 13.6. The second-order valence-corrected chi connectivity index (χ2v) is 8.20. The normalized spacial score (nSPS) is 17.5. The Hall–Kier alpha value is -2.11. The number of piperidine rings is 1. The summed E-state index contributed by atoms with van der Waals surface area (Å²) in [6.45, 7) is 3.74. The van der Waals surface area contributed by atoms with Gasteiger partial charge in [-0.25, -0.2) is 4.98 Å². The molecule has 4 nitrogen and oxygen atoms in total. The largest absolute Gasteiger partial charge is 0.347 e. The SMILES string of the molecule is Cc1ccc2nc(N3CCCC(C(=O)Nc4cccc(Cl)c4)C3)sc2c1. The second-order valence-electron chi connectivity index (χ2n) is 6.75. The minimum Gasteiger partial charge on any atom is -0.347 e. The predicted molar refractivity (Wildman–Crippen MR) is 109 cm³/mol. The molecule has 1 amide bonds. The van der Waals surface area contributed by atoms with Gasteiger partial charge in [-0.3, -0.25) is 4.79 Å². The number of carbonyl (C=O) groups is 1. The molecule has 0 saturated carbocycles. The summed E-state index contributed by atoms with van der Waals surface area (Å²) >= 11 is 7.70. The van der Waals surface area contributed by atoms with Gasteiger partial charge in [-0.2, -0.15) is 0 Å². The van der Waals surface area contributed by atoms with Crippen molar-refractivity contribution in [3.8, 4) is 0 Å². The minimum absolute atomic E-state index is 0.0449. The highest BCUT2D eigenvalue weighted by Gasteiger charge is 2.27. The van der Waals surface area contributed by atoms with E-state index in [4.69, 9.17) is 16.6 Å². The third kappa shape index (κ3) is 3.69. The minimum atomic E-state index is -0.0449. The fraction of sp³-hybridized carbons (Fsp3) is 0.300. The molecule has 2 aromatic carbocycles. The van der Waals surface area contributed by atoms with E-state index in [9.17, 15) is 4.79 Å². The Morgan fingerprint density at radius 2 is 2.19 bits per heavy atom. The second kappa shape index (κ2) is 7.25. The van der Waals surface area contributed by atoms with Gasteiger partial charge in [0.1, 0.15) is 0 Å². The Bertz CT molecular complexity index is 955. The number of hydrogen-bond donors (Lipinski definition) is 1. The number of thiazole rings is 1. The first-order valence-corrected chi connectivity index (χ1v) is 9.96. The number of hydrogen-bond acceptors (Lipinski definition) is 4. The van der Waals surface area contributed by atoms with Crippen molar-refractivity contribution < 1.29 is 4.79 Å². The zero-order valence-electron chi connectivity index (χ0n) is 14.5. The van der Waals surface area contributed by atoms with Gasteiger partial charge in [0.2, 0.25) is 5.91 Å². The molecule has 0 aliphatic carbocycles. The molecule has 134 valence electrons. The Labute approximate surface area is 161 Å². The van der Waals surface area contributed by atoms with Gasteiger partial charge in [0.15, 0.2) is 5.13 Å². The Morgan fingerprint density at radius 1 is 1.31 bits per heavy atom. The van der Waals surface area contributed by atoms with Crippen molar-refractivity contribution in [2.24, 2.45) is 5.92 Å². The topological polar surface area (TPSA) is 45.2 Å². The maximum absolute atomic E-state index is 12.7. The number of anilines is 2. The van der Waals surface area contributed by atoms with Crippen LogP contribution in [0.15, 0.2) is 42.5 Å². The first-order valence-electron chi connectivity index (χ1n) is 8.77. The Balaban J connectivity index is 1.48. The molecule has 3 aromatic rings. The lowest BCUT2D eigenvalue weighted by atomic mass is 9.97. The van der Waals surface area contributed by atoms with Crippen molar-refractivity contribution >= 4 is 49.9 Å². The first-order chi connectivity index (χ1) is 12.6. The van der Waals surface area contributed by atoms with Crippen molar-refractivity contribution in [2.75, 3.05) is 23.3 Å². The molecule has 1 aromatic heterocycles. The molecule has 6 heteroatoms. The molecule has 4 rings (SSSR count). The molecule has 26 heavy (non-hydrogen) atoms. The van der Waals surface area contributed by atoms with Gasteiger partial charge in [0.05, 0.1) is 16.1 Å². The molecule has 1 saturated heterocycles. The van der Waals surface area contributed by atoms with Gasteiger partial charge in [0, 0.05) is 23.8 Å². The number of nitrogens with one attached hydrogen (secondary N) is 1. The summed E-state index contributed by atoms with van der Waals surface area (Å²) in [5.74, 6) is 0.00500. The van der Waals surface area contributed by atoms with Crippen LogP contribution in [0.3, 0.4) is 0 Å². The van der Waals surface area contributed by atoms with E-state index in [2.05, 4.69) is 35.3 Å². The van der Waals surface area contributed by atoms with Crippen molar-refractivity contribution in [1.82, 2.24) is 4.98 Å². The standard InChI is InChI=1S/C20H20ClN3OS/c1-13-7-8-17-18(10-13)26-20(23-17)24-9-3-4-14(12-24)19(25)22-16-6-2-5-15(21)11-16/h2,5-8,10-11,14H,3-4,9,12H2,1H3,(H,22,25). The van der Waals surface area contributed by atoms with Crippen LogP contribution in [0.1, 0.15) is 18.4 Å². The lowest BCUT2D eigenvalue weighted by molar-refractivity contribution is -0.120. The van der Waals surface area contributed by atoms with E-state index in [1.165, 1.54) is 10.3 Å². The fourth-order valence-electron chi connectivity index (χ4n) is 3.33. The van der Waals surface area contributed by atoms with Crippen LogP contribution >= 0.6 is 22.9 Å². The molecule has 1 fully saturated rings. The molecule has 0 radical (unpaired) electrons. The smallest absolute Gasteiger partial charge is 0.229 e. The van der Waals surface area contributed by atoms with Crippen LogP contribution in [0.5, 0.6) is 0 Å². The summed E-state index contributed by atoms with van der Waals surface area (Å²) in [5.41, 5.74) is 3.02. The average Bonchev–Trinajstić information content (AvgIpc) is 3.05. The summed E-state index contributed by atoms with van der Waals surface area (Å²) < 4.78 is 1.20. The molecule has 1 atom stereocenters. The molecule has 1 aliphatic rings. The molecular formula is C20H20ClN3OS. The van der Waals surface area contributed by atoms with Gasteiger partial charge >= 0.3 is 0 Å². The van der Waals surface area contributed by atoms with Crippen LogP contribution in [0.25, 0.3) is 10.2 Å². The van der Waals surface area contributed by atoms with Crippen molar-refractivity contribution in [3.05, 3.63) is 53.1 Å².